The second kappa shape index (κ2) is 6.41. The zero-order chi connectivity index (χ0) is 14.5. The Hall–Kier alpha value is -2.04. The minimum atomic E-state index is -1.03. The molecule has 20 heavy (non-hydrogen) atoms. The molecule has 0 unspecified atom stereocenters. The van der Waals surface area contributed by atoms with E-state index in [4.69, 9.17) is 0 Å². The Kier molecular flexibility index (Phi) is 4.61. The molecule has 0 radical (unpaired) electrons. The number of carbonyl (C=O) groups is 2. The van der Waals surface area contributed by atoms with E-state index in [1.54, 1.807) is 25.1 Å². The van der Waals surface area contributed by atoms with Gasteiger partial charge in [0.05, 0.1) is 11.3 Å². The molecular weight excluding hydrogens is 256 g/mol. The van der Waals surface area contributed by atoms with Gasteiger partial charge in [0.2, 0.25) is 0 Å². The Balaban J connectivity index is 1.96. The molecule has 3 N–H and O–H groups in total. The van der Waals surface area contributed by atoms with Crippen LogP contribution >= 0.6 is 0 Å². The first-order chi connectivity index (χ1) is 9.58. The Morgan fingerprint density at radius 3 is 2.65 bits per heavy atom. The Bertz CT molecular complexity index is 508. The normalized spacial score (nSPS) is 15.1. The molecule has 1 aromatic carbocycles. The lowest BCUT2D eigenvalue weighted by Gasteiger charge is -2.13. The number of amides is 2. The Morgan fingerprint density at radius 2 is 2.00 bits per heavy atom. The van der Waals surface area contributed by atoms with Gasteiger partial charge in [-0.1, -0.05) is 25.0 Å². The first-order valence-electron chi connectivity index (χ1n) is 6.95. The first-order valence-corrected chi connectivity index (χ1v) is 6.95. The third kappa shape index (κ3) is 3.50. The van der Waals surface area contributed by atoms with Crippen molar-refractivity contribution in [3.05, 3.63) is 29.3 Å². The van der Waals surface area contributed by atoms with Crippen LogP contribution in [0.3, 0.4) is 0 Å². The van der Waals surface area contributed by atoms with Crippen molar-refractivity contribution in [2.24, 2.45) is 5.92 Å². The van der Waals surface area contributed by atoms with Gasteiger partial charge in [0, 0.05) is 6.54 Å². The van der Waals surface area contributed by atoms with Gasteiger partial charge in [0.25, 0.3) is 0 Å². The van der Waals surface area contributed by atoms with E-state index in [0.717, 1.165) is 12.8 Å². The van der Waals surface area contributed by atoms with Crippen LogP contribution in [0.5, 0.6) is 0 Å². The first kappa shape index (κ1) is 14.4. The number of urea groups is 1. The van der Waals surface area contributed by atoms with Gasteiger partial charge in [0.15, 0.2) is 0 Å². The molecule has 0 aliphatic heterocycles. The summed E-state index contributed by atoms with van der Waals surface area (Å²) in [6.45, 7) is 2.37. The van der Waals surface area contributed by atoms with E-state index < -0.39 is 5.97 Å². The monoisotopic (exact) mass is 276 g/mol. The molecule has 0 bridgehead atoms. The van der Waals surface area contributed by atoms with Gasteiger partial charge >= 0.3 is 12.0 Å². The summed E-state index contributed by atoms with van der Waals surface area (Å²) in [5.41, 5.74) is 1.11. The van der Waals surface area contributed by atoms with E-state index in [1.807, 2.05) is 0 Å². The highest BCUT2D eigenvalue weighted by Gasteiger charge is 2.17. The van der Waals surface area contributed by atoms with Crippen LogP contribution in [0.25, 0.3) is 0 Å². The quantitative estimate of drug-likeness (QED) is 0.791. The predicted molar refractivity (Wildman–Crippen MR) is 77.1 cm³/mol. The largest absolute Gasteiger partial charge is 0.478 e. The van der Waals surface area contributed by atoms with Gasteiger partial charge in [-0.15, -0.1) is 0 Å². The summed E-state index contributed by atoms with van der Waals surface area (Å²) in [4.78, 5) is 23.1. The predicted octanol–water partition coefficient (Wildman–Crippen LogP) is 3.00. The number of nitrogens with one attached hydrogen (secondary N) is 2. The van der Waals surface area contributed by atoms with Crippen LogP contribution in [0.1, 0.15) is 41.6 Å². The highest BCUT2D eigenvalue weighted by atomic mass is 16.4. The highest BCUT2D eigenvalue weighted by molar-refractivity contribution is 6.01. The lowest BCUT2D eigenvalue weighted by atomic mass is 10.1. The van der Waals surface area contributed by atoms with Crippen LogP contribution in [-0.2, 0) is 0 Å². The average Bonchev–Trinajstić information content (AvgIpc) is 2.89. The van der Waals surface area contributed by atoms with Crippen LogP contribution in [-0.4, -0.2) is 23.7 Å². The lowest BCUT2D eigenvalue weighted by molar-refractivity contribution is 0.0697. The fourth-order valence-electron chi connectivity index (χ4n) is 2.67. The number of carbonyl (C=O) groups excluding carboxylic acids is 1. The van der Waals surface area contributed by atoms with E-state index in [-0.39, 0.29) is 11.6 Å². The van der Waals surface area contributed by atoms with Crippen LogP contribution in [0.4, 0.5) is 10.5 Å². The molecule has 5 heteroatoms. The van der Waals surface area contributed by atoms with Crippen molar-refractivity contribution >= 4 is 17.7 Å². The number of carboxylic acids is 1. The maximum atomic E-state index is 11.8. The number of aryl methyl sites for hydroxylation is 1. The molecule has 1 aliphatic rings. The second-order valence-corrected chi connectivity index (χ2v) is 5.29. The Labute approximate surface area is 118 Å². The SMILES string of the molecule is Cc1cccc(NC(=O)NCC2CCCC2)c1C(=O)O. The molecular formula is C15H20N2O3. The fourth-order valence-corrected chi connectivity index (χ4v) is 2.67. The van der Waals surface area contributed by atoms with Gasteiger partial charge in [-0.25, -0.2) is 9.59 Å². The van der Waals surface area contributed by atoms with Crippen molar-refractivity contribution in [2.45, 2.75) is 32.6 Å². The number of aromatic carboxylic acids is 1. The molecule has 108 valence electrons. The molecule has 1 aliphatic carbocycles. The van der Waals surface area contributed by atoms with Crippen molar-refractivity contribution in [1.29, 1.82) is 0 Å². The maximum Gasteiger partial charge on any atom is 0.338 e. The van der Waals surface area contributed by atoms with Crippen molar-refractivity contribution in [3.8, 4) is 0 Å². The van der Waals surface area contributed by atoms with Gasteiger partial charge in [-0.3, -0.25) is 0 Å². The van der Waals surface area contributed by atoms with Gasteiger partial charge < -0.3 is 15.7 Å². The lowest BCUT2D eigenvalue weighted by Crippen LogP contribution is -2.33. The summed E-state index contributed by atoms with van der Waals surface area (Å²) in [6.07, 6.45) is 4.78. The summed E-state index contributed by atoms with van der Waals surface area (Å²) >= 11 is 0. The minimum Gasteiger partial charge on any atom is -0.478 e. The molecule has 2 rings (SSSR count). The molecule has 2 amide bonds. The summed E-state index contributed by atoms with van der Waals surface area (Å²) in [6, 6.07) is 4.70. The number of hydrogen-bond donors (Lipinski definition) is 3. The third-order valence-electron chi connectivity index (χ3n) is 3.76. The molecule has 0 aromatic heterocycles. The van der Waals surface area contributed by atoms with Crippen LogP contribution in [0, 0.1) is 12.8 Å². The topological polar surface area (TPSA) is 78.4 Å². The zero-order valence-electron chi connectivity index (χ0n) is 11.6. The zero-order valence-corrected chi connectivity index (χ0v) is 11.6. The van der Waals surface area contributed by atoms with Crippen molar-refractivity contribution in [3.63, 3.8) is 0 Å². The number of anilines is 1. The van der Waals surface area contributed by atoms with E-state index in [1.165, 1.54) is 12.8 Å². The van der Waals surface area contributed by atoms with Gasteiger partial charge in [-0.05, 0) is 37.3 Å². The number of hydrogen-bond acceptors (Lipinski definition) is 2. The van der Waals surface area contributed by atoms with E-state index in [2.05, 4.69) is 10.6 Å². The molecule has 0 spiro atoms. The average molecular weight is 276 g/mol. The van der Waals surface area contributed by atoms with Crippen molar-refractivity contribution < 1.29 is 14.7 Å². The van der Waals surface area contributed by atoms with Gasteiger partial charge in [0.1, 0.15) is 0 Å². The fraction of sp³-hybridized carbons (Fsp3) is 0.467. The minimum absolute atomic E-state index is 0.142. The van der Waals surface area contributed by atoms with E-state index in [0.29, 0.717) is 23.7 Å². The standard InChI is InChI=1S/C15H20N2O3/c1-10-5-4-8-12(13(10)14(18)19)17-15(20)16-9-11-6-2-3-7-11/h4-5,8,11H,2-3,6-7,9H2,1H3,(H,18,19)(H2,16,17,20). The van der Waals surface area contributed by atoms with Crippen LogP contribution in [0.2, 0.25) is 0 Å². The molecule has 1 saturated carbocycles. The summed E-state index contributed by atoms with van der Waals surface area (Å²) in [5.74, 6) is -0.480. The maximum absolute atomic E-state index is 11.8. The number of rotatable bonds is 4. The molecule has 5 nitrogen and oxygen atoms in total. The molecule has 0 heterocycles. The molecule has 1 aromatic rings. The number of carboxylic acid groups (broad SMARTS) is 1. The summed E-state index contributed by atoms with van der Waals surface area (Å²) in [7, 11) is 0. The van der Waals surface area contributed by atoms with Crippen molar-refractivity contribution in [1.82, 2.24) is 5.32 Å². The molecule has 0 saturated heterocycles. The van der Waals surface area contributed by atoms with Crippen LogP contribution in [0.15, 0.2) is 18.2 Å². The highest BCUT2D eigenvalue weighted by Crippen LogP contribution is 2.24. The molecule has 1 fully saturated rings. The summed E-state index contributed by atoms with van der Waals surface area (Å²) < 4.78 is 0. The Morgan fingerprint density at radius 1 is 1.30 bits per heavy atom. The van der Waals surface area contributed by atoms with Gasteiger partial charge in [-0.2, -0.15) is 0 Å². The van der Waals surface area contributed by atoms with E-state index in [9.17, 15) is 14.7 Å². The van der Waals surface area contributed by atoms with Crippen molar-refractivity contribution in [2.75, 3.05) is 11.9 Å². The number of benzene rings is 1. The van der Waals surface area contributed by atoms with E-state index >= 15 is 0 Å². The second-order valence-electron chi connectivity index (χ2n) is 5.29. The smallest absolute Gasteiger partial charge is 0.338 e. The van der Waals surface area contributed by atoms with Crippen LogP contribution < -0.4 is 10.6 Å². The third-order valence-corrected chi connectivity index (χ3v) is 3.76. The molecule has 0 atom stereocenters. The summed E-state index contributed by atoms with van der Waals surface area (Å²) in [5, 5.41) is 14.6.